The Labute approximate surface area is 89.9 Å². The second-order valence-corrected chi connectivity index (χ2v) is 3.79. The third-order valence-corrected chi connectivity index (χ3v) is 2.82. The standard InChI is InChI=1S/C12H17N3/c1-2-11(7-8-13)15-12-6-4-3-5-10(12)9-14-15/h3-6,9,11H,2,7-8,13H2,1H3. The Kier molecular flexibility index (Phi) is 3.02. The van der Waals surface area contributed by atoms with Gasteiger partial charge >= 0.3 is 0 Å². The molecule has 0 aliphatic heterocycles. The summed E-state index contributed by atoms with van der Waals surface area (Å²) in [6.45, 7) is 2.89. The maximum atomic E-state index is 5.61. The zero-order valence-electron chi connectivity index (χ0n) is 9.06. The lowest BCUT2D eigenvalue weighted by Gasteiger charge is -2.15. The van der Waals surface area contributed by atoms with Crippen LogP contribution in [-0.2, 0) is 0 Å². The maximum Gasteiger partial charge on any atom is 0.0685 e. The van der Waals surface area contributed by atoms with E-state index in [1.807, 2.05) is 12.3 Å². The monoisotopic (exact) mass is 203 g/mol. The van der Waals surface area contributed by atoms with E-state index in [4.69, 9.17) is 5.73 Å². The van der Waals surface area contributed by atoms with Crippen molar-refractivity contribution in [3.63, 3.8) is 0 Å². The summed E-state index contributed by atoms with van der Waals surface area (Å²) in [6.07, 6.45) is 3.99. The molecule has 0 saturated carbocycles. The number of fused-ring (bicyclic) bond motifs is 1. The number of aromatic nitrogens is 2. The fourth-order valence-corrected chi connectivity index (χ4v) is 1.97. The molecule has 3 heteroatoms. The molecule has 0 saturated heterocycles. The fourth-order valence-electron chi connectivity index (χ4n) is 1.97. The van der Waals surface area contributed by atoms with Gasteiger partial charge in [-0.05, 0) is 25.5 Å². The van der Waals surface area contributed by atoms with Crippen LogP contribution >= 0.6 is 0 Å². The van der Waals surface area contributed by atoms with E-state index < -0.39 is 0 Å². The minimum absolute atomic E-state index is 0.426. The highest BCUT2D eigenvalue weighted by atomic mass is 15.3. The van der Waals surface area contributed by atoms with Gasteiger partial charge in [-0.25, -0.2) is 0 Å². The Bertz CT molecular complexity index is 433. The number of rotatable bonds is 4. The summed E-state index contributed by atoms with van der Waals surface area (Å²) in [5, 5.41) is 5.65. The van der Waals surface area contributed by atoms with Gasteiger partial charge in [-0.15, -0.1) is 0 Å². The molecule has 2 aromatic rings. The summed E-state index contributed by atoms with van der Waals surface area (Å²) >= 11 is 0. The van der Waals surface area contributed by atoms with Gasteiger partial charge in [-0.1, -0.05) is 25.1 Å². The van der Waals surface area contributed by atoms with Crippen LogP contribution in [0, 0.1) is 0 Å². The van der Waals surface area contributed by atoms with Crippen molar-refractivity contribution >= 4 is 10.9 Å². The van der Waals surface area contributed by atoms with Crippen molar-refractivity contribution in [2.45, 2.75) is 25.8 Å². The van der Waals surface area contributed by atoms with Crippen LogP contribution in [0.15, 0.2) is 30.5 Å². The van der Waals surface area contributed by atoms with Gasteiger partial charge in [-0.2, -0.15) is 5.10 Å². The lowest BCUT2D eigenvalue weighted by molar-refractivity contribution is 0.430. The molecular weight excluding hydrogens is 186 g/mol. The molecule has 0 radical (unpaired) electrons. The van der Waals surface area contributed by atoms with Crippen LogP contribution < -0.4 is 5.73 Å². The van der Waals surface area contributed by atoms with Crippen molar-refractivity contribution in [1.29, 1.82) is 0 Å². The highest BCUT2D eigenvalue weighted by Crippen LogP contribution is 2.21. The zero-order valence-corrected chi connectivity index (χ0v) is 9.06. The average molecular weight is 203 g/mol. The zero-order chi connectivity index (χ0) is 10.7. The van der Waals surface area contributed by atoms with Crippen molar-refractivity contribution in [1.82, 2.24) is 9.78 Å². The molecule has 0 aliphatic rings. The molecule has 1 atom stereocenters. The van der Waals surface area contributed by atoms with Crippen LogP contribution in [0.3, 0.4) is 0 Å². The van der Waals surface area contributed by atoms with Crippen molar-refractivity contribution in [3.05, 3.63) is 30.5 Å². The summed E-state index contributed by atoms with van der Waals surface area (Å²) in [5.41, 5.74) is 6.82. The van der Waals surface area contributed by atoms with Gasteiger partial charge in [0, 0.05) is 5.39 Å². The maximum absolute atomic E-state index is 5.61. The van der Waals surface area contributed by atoms with Gasteiger partial charge in [0.1, 0.15) is 0 Å². The van der Waals surface area contributed by atoms with E-state index in [0.29, 0.717) is 12.6 Å². The van der Waals surface area contributed by atoms with E-state index in [1.54, 1.807) is 0 Å². The van der Waals surface area contributed by atoms with Crippen LogP contribution in [0.1, 0.15) is 25.8 Å². The Morgan fingerprint density at radius 2 is 2.20 bits per heavy atom. The second-order valence-electron chi connectivity index (χ2n) is 3.79. The summed E-state index contributed by atoms with van der Waals surface area (Å²) < 4.78 is 2.10. The first-order valence-corrected chi connectivity index (χ1v) is 5.49. The van der Waals surface area contributed by atoms with Crippen LogP contribution in [0.5, 0.6) is 0 Å². The Balaban J connectivity index is 2.41. The highest BCUT2D eigenvalue weighted by molar-refractivity contribution is 5.78. The summed E-state index contributed by atoms with van der Waals surface area (Å²) in [6, 6.07) is 8.72. The lowest BCUT2D eigenvalue weighted by Crippen LogP contribution is -2.14. The van der Waals surface area contributed by atoms with E-state index in [-0.39, 0.29) is 0 Å². The third kappa shape index (κ3) is 1.88. The topological polar surface area (TPSA) is 43.8 Å². The van der Waals surface area contributed by atoms with Crippen molar-refractivity contribution in [3.8, 4) is 0 Å². The molecule has 2 rings (SSSR count). The predicted molar refractivity (Wildman–Crippen MR) is 62.7 cm³/mol. The minimum Gasteiger partial charge on any atom is -0.330 e. The van der Waals surface area contributed by atoms with Gasteiger partial charge in [0.15, 0.2) is 0 Å². The van der Waals surface area contributed by atoms with Gasteiger partial charge in [0.25, 0.3) is 0 Å². The van der Waals surface area contributed by atoms with E-state index in [9.17, 15) is 0 Å². The first kappa shape index (κ1) is 10.2. The van der Waals surface area contributed by atoms with Gasteiger partial charge in [-0.3, -0.25) is 4.68 Å². The molecule has 0 bridgehead atoms. The van der Waals surface area contributed by atoms with Crippen LogP contribution in [-0.4, -0.2) is 16.3 Å². The number of nitrogens with two attached hydrogens (primary N) is 1. The number of nitrogens with zero attached hydrogens (tertiary/aromatic N) is 2. The van der Waals surface area contributed by atoms with Crippen LogP contribution in [0.2, 0.25) is 0 Å². The average Bonchev–Trinajstić information content (AvgIpc) is 2.70. The second kappa shape index (κ2) is 4.45. The third-order valence-electron chi connectivity index (χ3n) is 2.82. The molecule has 1 aromatic carbocycles. The van der Waals surface area contributed by atoms with E-state index in [1.165, 1.54) is 10.9 Å². The molecule has 2 N–H and O–H groups in total. The van der Waals surface area contributed by atoms with E-state index >= 15 is 0 Å². The predicted octanol–water partition coefficient (Wildman–Crippen LogP) is 2.34. The molecule has 1 heterocycles. The van der Waals surface area contributed by atoms with E-state index in [0.717, 1.165) is 12.8 Å². The largest absolute Gasteiger partial charge is 0.330 e. The Hall–Kier alpha value is -1.35. The summed E-state index contributed by atoms with van der Waals surface area (Å²) in [4.78, 5) is 0. The first-order chi connectivity index (χ1) is 7.36. The molecule has 1 aromatic heterocycles. The normalized spacial score (nSPS) is 13.2. The van der Waals surface area contributed by atoms with Crippen LogP contribution in [0.25, 0.3) is 10.9 Å². The number of benzene rings is 1. The fraction of sp³-hybridized carbons (Fsp3) is 0.417. The molecular formula is C12H17N3. The number of hydrogen-bond donors (Lipinski definition) is 1. The molecule has 0 amide bonds. The van der Waals surface area contributed by atoms with Crippen molar-refractivity contribution < 1.29 is 0 Å². The van der Waals surface area contributed by atoms with Gasteiger partial charge in [0.05, 0.1) is 17.8 Å². The molecule has 0 fully saturated rings. The SMILES string of the molecule is CCC(CCN)n1ncc2ccccc21. The quantitative estimate of drug-likeness (QED) is 0.828. The summed E-state index contributed by atoms with van der Waals surface area (Å²) in [7, 11) is 0. The smallest absolute Gasteiger partial charge is 0.0685 e. The molecule has 0 spiro atoms. The minimum atomic E-state index is 0.426. The molecule has 80 valence electrons. The number of hydrogen-bond acceptors (Lipinski definition) is 2. The highest BCUT2D eigenvalue weighted by Gasteiger charge is 2.11. The molecule has 1 unspecified atom stereocenters. The Morgan fingerprint density at radius 1 is 1.40 bits per heavy atom. The van der Waals surface area contributed by atoms with Crippen molar-refractivity contribution in [2.75, 3.05) is 6.54 Å². The first-order valence-electron chi connectivity index (χ1n) is 5.49. The van der Waals surface area contributed by atoms with Gasteiger partial charge < -0.3 is 5.73 Å². The van der Waals surface area contributed by atoms with E-state index in [2.05, 4.69) is 34.9 Å². The Morgan fingerprint density at radius 3 is 2.93 bits per heavy atom. The molecule has 3 nitrogen and oxygen atoms in total. The number of para-hydroxylation sites is 1. The van der Waals surface area contributed by atoms with Crippen LogP contribution in [0.4, 0.5) is 0 Å². The lowest BCUT2D eigenvalue weighted by atomic mass is 10.1. The van der Waals surface area contributed by atoms with Gasteiger partial charge in [0.2, 0.25) is 0 Å². The summed E-state index contributed by atoms with van der Waals surface area (Å²) in [5.74, 6) is 0. The molecule has 15 heavy (non-hydrogen) atoms. The van der Waals surface area contributed by atoms with Crippen molar-refractivity contribution in [2.24, 2.45) is 5.73 Å². The molecule has 0 aliphatic carbocycles.